The second kappa shape index (κ2) is 17.3. The number of non-ortho nitro benzene ring substituents is 1. The SMILES string of the molecule is CCCC[N+](CCCC)(CCCC)CCCC.CN1c2ccccc2C(C)(Cc2cc([N+](=O)[O-])ccc2[O-])C1(C#N)c1ccccc1. The van der Waals surface area contributed by atoms with Crippen molar-refractivity contribution in [1.82, 2.24) is 0 Å². The van der Waals surface area contributed by atoms with E-state index >= 15 is 0 Å². The fourth-order valence-corrected chi connectivity index (χ4v) is 7.50. The number of unbranched alkanes of at least 4 members (excludes halogenated alkanes) is 4. The molecule has 4 rings (SSSR count). The number of nitriles is 1. The lowest BCUT2D eigenvalue weighted by Gasteiger charge is -2.44. The predicted molar refractivity (Wildman–Crippen MR) is 192 cm³/mol. The second-order valence-electron chi connectivity index (χ2n) is 13.5. The van der Waals surface area contributed by atoms with Crippen LogP contribution in [0.1, 0.15) is 103 Å². The highest BCUT2D eigenvalue weighted by molar-refractivity contribution is 5.71. The predicted octanol–water partition coefficient (Wildman–Crippen LogP) is 9.04. The number of hydrogen-bond acceptors (Lipinski definition) is 5. The number of nitro groups is 1. The Balaban J connectivity index is 0.000000303. The Hall–Kier alpha value is -3.89. The van der Waals surface area contributed by atoms with Gasteiger partial charge in [-0.15, -0.1) is 5.75 Å². The summed E-state index contributed by atoms with van der Waals surface area (Å²) < 4.78 is 1.42. The van der Waals surface area contributed by atoms with E-state index in [1.165, 1.54) is 100 Å². The van der Waals surface area contributed by atoms with Gasteiger partial charge in [0, 0.05) is 30.3 Å². The van der Waals surface area contributed by atoms with Gasteiger partial charge in [-0.3, -0.25) is 10.1 Å². The zero-order valence-corrected chi connectivity index (χ0v) is 29.6. The lowest BCUT2D eigenvalue weighted by Crippen LogP contribution is -2.53. The van der Waals surface area contributed by atoms with Crippen LogP contribution in [-0.4, -0.2) is 42.6 Å². The minimum Gasteiger partial charge on any atom is -0.872 e. The molecule has 7 nitrogen and oxygen atoms in total. The maximum Gasteiger partial charge on any atom is 0.269 e. The topological polar surface area (TPSA) is 93.2 Å². The molecule has 254 valence electrons. The molecule has 3 aromatic carbocycles. The van der Waals surface area contributed by atoms with Crippen molar-refractivity contribution in [3.63, 3.8) is 0 Å². The van der Waals surface area contributed by atoms with Crippen LogP contribution in [-0.2, 0) is 17.4 Å². The summed E-state index contributed by atoms with van der Waals surface area (Å²) >= 11 is 0. The Morgan fingerprint density at radius 3 is 1.81 bits per heavy atom. The number of hydrogen-bond donors (Lipinski definition) is 0. The van der Waals surface area contributed by atoms with E-state index in [2.05, 4.69) is 33.8 Å². The van der Waals surface area contributed by atoms with Crippen molar-refractivity contribution >= 4 is 11.4 Å². The van der Waals surface area contributed by atoms with Crippen molar-refractivity contribution in [3.8, 4) is 11.8 Å². The van der Waals surface area contributed by atoms with Gasteiger partial charge in [0.15, 0.2) is 5.54 Å². The van der Waals surface area contributed by atoms with E-state index in [4.69, 9.17) is 0 Å². The lowest BCUT2D eigenvalue weighted by atomic mass is 9.63. The molecule has 47 heavy (non-hydrogen) atoms. The molecule has 0 aromatic heterocycles. The van der Waals surface area contributed by atoms with Crippen molar-refractivity contribution in [3.05, 3.63) is 99.6 Å². The summed E-state index contributed by atoms with van der Waals surface area (Å²) in [5.41, 5.74) is 0.943. The number of nitrogens with zero attached hydrogens (tertiary/aromatic N) is 4. The van der Waals surface area contributed by atoms with E-state index in [1.807, 2.05) is 73.5 Å². The third-order valence-corrected chi connectivity index (χ3v) is 10.3. The molecule has 0 spiro atoms. The monoisotopic (exact) mass is 640 g/mol. The number of fused-ring (bicyclic) bond motifs is 1. The Morgan fingerprint density at radius 2 is 1.32 bits per heavy atom. The molecule has 3 aromatic rings. The molecular weight excluding hydrogens is 584 g/mol. The summed E-state index contributed by atoms with van der Waals surface area (Å²) in [6.45, 7) is 17.0. The Labute approximate surface area is 283 Å². The van der Waals surface area contributed by atoms with Crippen LogP contribution in [0, 0.1) is 21.4 Å². The van der Waals surface area contributed by atoms with Crippen molar-refractivity contribution in [2.45, 2.75) is 103 Å². The third kappa shape index (κ3) is 8.16. The van der Waals surface area contributed by atoms with E-state index in [0.717, 1.165) is 16.8 Å². The highest BCUT2D eigenvalue weighted by atomic mass is 16.6. The lowest BCUT2D eigenvalue weighted by molar-refractivity contribution is -0.929. The average molecular weight is 641 g/mol. The van der Waals surface area contributed by atoms with Gasteiger partial charge in [0.05, 0.1) is 37.2 Å². The Bertz CT molecular complexity index is 1430. The smallest absolute Gasteiger partial charge is 0.269 e. The third-order valence-electron chi connectivity index (χ3n) is 10.3. The number of anilines is 1. The first-order chi connectivity index (χ1) is 22.6. The number of rotatable bonds is 16. The molecular formula is C40H56N4O3. The van der Waals surface area contributed by atoms with Crippen LogP contribution in [0.2, 0.25) is 0 Å². The van der Waals surface area contributed by atoms with Crippen molar-refractivity contribution in [2.24, 2.45) is 0 Å². The van der Waals surface area contributed by atoms with E-state index in [9.17, 15) is 20.5 Å². The van der Waals surface area contributed by atoms with Crippen LogP contribution in [0.25, 0.3) is 0 Å². The van der Waals surface area contributed by atoms with Crippen LogP contribution in [0.5, 0.6) is 5.75 Å². The fourth-order valence-electron chi connectivity index (χ4n) is 7.50. The summed E-state index contributed by atoms with van der Waals surface area (Å²) in [5.74, 6) is -0.270. The quantitative estimate of drug-likeness (QED) is 0.0885. The normalized spacial score (nSPS) is 18.6. The molecule has 0 saturated carbocycles. The van der Waals surface area contributed by atoms with Crippen LogP contribution < -0.4 is 10.0 Å². The largest absolute Gasteiger partial charge is 0.872 e. The van der Waals surface area contributed by atoms with E-state index in [0.29, 0.717) is 5.56 Å². The molecule has 1 aliphatic heterocycles. The van der Waals surface area contributed by atoms with Crippen molar-refractivity contribution in [2.75, 3.05) is 38.1 Å². The fraction of sp³-hybridized carbons (Fsp3) is 0.525. The molecule has 0 bridgehead atoms. The highest BCUT2D eigenvalue weighted by Gasteiger charge is 2.59. The molecule has 2 unspecified atom stereocenters. The molecule has 0 amide bonds. The van der Waals surface area contributed by atoms with Gasteiger partial charge in [0.25, 0.3) is 5.69 Å². The second-order valence-corrected chi connectivity index (χ2v) is 13.5. The summed E-state index contributed by atoms with van der Waals surface area (Å²) in [7, 11) is 1.88. The standard InChI is InChI=1S/C24H21N3O3.C16H36N/c1-23(15-17-14-19(27(29)30)12-13-22(17)28)20-10-6-7-11-21(20)26(2)24(23,16-25)18-8-4-3-5-9-18;1-5-9-13-17(14-10-6-2,15-11-7-3)16-12-8-4/h3-14,28H,15H2,1-2H3;5-16H2,1-4H3/q;+1/p-1. The molecule has 1 heterocycles. The number of para-hydroxylation sites is 1. The first kappa shape index (κ1) is 37.6. The minimum atomic E-state index is -1.09. The summed E-state index contributed by atoms with van der Waals surface area (Å²) in [6, 6.07) is 23.6. The number of quaternary nitrogens is 1. The van der Waals surface area contributed by atoms with Crippen molar-refractivity contribution in [1.29, 1.82) is 5.26 Å². The first-order valence-electron chi connectivity index (χ1n) is 17.7. The molecule has 7 heteroatoms. The number of benzene rings is 3. The van der Waals surface area contributed by atoms with Gasteiger partial charge < -0.3 is 14.5 Å². The zero-order valence-electron chi connectivity index (χ0n) is 29.6. The van der Waals surface area contributed by atoms with Gasteiger partial charge in [0.1, 0.15) is 0 Å². The van der Waals surface area contributed by atoms with Gasteiger partial charge in [-0.2, -0.15) is 5.26 Å². The molecule has 0 fully saturated rings. The van der Waals surface area contributed by atoms with Crippen LogP contribution in [0.4, 0.5) is 11.4 Å². The van der Waals surface area contributed by atoms with E-state index < -0.39 is 15.9 Å². The van der Waals surface area contributed by atoms with Crippen LogP contribution >= 0.6 is 0 Å². The first-order valence-corrected chi connectivity index (χ1v) is 17.7. The Morgan fingerprint density at radius 1 is 0.809 bits per heavy atom. The van der Waals surface area contributed by atoms with Gasteiger partial charge >= 0.3 is 0 Å². The molecule has 0 aliphatic carbocycles. The maximum absolute atomic E-state index is 12.6. The summed E-state index contributed by atoms with van der Waals surface area (Å²) in [6.07, 6.45) is 11.3. The van der Waals surface area contributed by atoms with Gasteiger partial charge in [-0.25, -0.2) is 0 Å². The van der Waals surface area contributed by atoms with Gasteiger partial charge in [-0.1, -0.05) is 115 Å². The molecule has 0 saturated heterocycles. The van der Waals surface area contributed by atoms with E-state index in [-0.39, 0.29) is 17.9 Å². The maximum atomic E-state index is 12.6. The zero-order chi connectivity index (χ0) is 34.5. The van der Waals surface area contributed by atoms with Gasteiger partial charge in [0.2, 0.25) is 0 Å². The molecule has 0 N–H and O–H groups in total. The molecule has 1 aliphatic rings. The van der Waals surface area contributed by atoms with Crippen LogP contribution in [0.15, 0.2) is 72.8 Å². The van der Waals surface area contributed by atoms with Crippen LogP contribution in [0.3, 0.4) is 0 Å². The minimum absolute atomic E-state index is 0.130. The van der Waals surface area contributed by atoms with E-state index in [1.54, 1.807) is 0 Å². The van der Waals surface area contributed by atoms with Gasteiger partial charge in [-0.05, 0) is 54.9 Å². The summed E-state index contributed by atoms with van der Waals surface area (Å²) in [4.78, 5) is 12.7. The average Bonchev–Trinajstić information content (AvgIpc) is 3.28. The number of likely N-dealkylation sites (N-methyl/N-ethyl adjacent to an activating group) is 1. The molecule has 2 atom stereocenters. The number of nitro benzene ring substituents is 1. The molecule has 0 radical (unpaired) electrons. The summed E-state index contributed by atoms with van der Waals surface area (Å²) in [5, 5.41) is 34.5. The highest BCUT2D eigenvalue weighted by Crippen LogP contribution is 2.57. The Kier molecular flexibility index (Phi) is 13.8. The van der Waals surface area contributed by atoms with Crippen molar-refractivity contribution < 1.29 is 14.5 Å².